The Kier molecular flexibility index (Phi) is 4.73. The number of non-ortho nitro benzene ring substituents is 1. The summed E-state index contributed by atoms with van der Waals surface area (Å²) >= 11 is 1.68. The van der Waals surface area contributed by atoms with E-state index in [0.29, 0.717) is 5.69 Å². The van der Waals surface area contributed by atoms with Gasteiger partial charge < -0.3 is 0 Å². The third-order valence-corrected chi connectivity index (χ3v) is 3.32. The third-order valence-electron chi connectivity index (χ3n) is 2.58. The Bertz CT molecular complexity index is 627. The molecule has 1 N–H and O–H groups in total. The van der Waals surface area contributed by atoms with Crippen molar-refractivity contribution in [2.75, 3.05) is 11.7 Å². The van der Waals surface area contributed by atoms with Crippen molar-refractivity contribution in [3.8, 4) is 0 Å². The number of rotatable bonds is 5. The Labute approximate surface area is 120 Å². The van der Waals surface area contributed by atoms with E-state index in [0.717, 1.165) is 5.56 Å². The van der Waals surface area contributed by atoms with E-state index in [1.807, 2.05) is 30.5 Å². The van der Waals surface area contributed by atoms with E-state index in [9.17, 15) is 10.1 Å². The zero-order valence-electron chi connectivity index (χ0n) is 10.8. The van der Waals surface area contributed by atoms with Gasteiger partial charge in [-0.1, -0.05) is 18.2 Å². The first kappa shape index (κ1) is 14.1. The van der Waals surface area contributed by atoms with Crippen molar-refractivity contribution in [1.29, 1.82) is 0 Å². The standard InChI is InChI=1S/C14H13N3O2S/c1-20-14-7-5-11(6-8-14)10-15-16-12-3-2-4-13(9-12)17(18)19/h2-10,16H,1H3/b15-10+. The number of hydrazone groups is 1. The lowest BCUT2D eigenvalue weighted by molar-refractivity contribution is -0.384. The molecule has 0 aliphatic heterocycles. The summed E-state index contributed by atoms with van der Waals surface area (Å²) in [5.74, 6) is 0. The van der Waals surface area contributed by atoms with Gasteiger partial charge in [-0.25, -0.2) is 0 Å². The van der Waals surface area contributed by atoms with Crippen molar-refractivity contribution in [2.45, 2.75) is 4.90 Å². The van der Waals surface area contributed by atoms with Crippen LogP contribution in [0.2, 0.25) is 0 Å². The Balaban J connectivity index is 2.02. The third kappa shape index (κ3) is 3.83. The van der Waals surface area contributed by atoms with E-state index in [2.05, 4.69) is 10.5 Å². The summed E-state index contributed by atoms with van der Waals surface area (Å²) < 4.78 is 0. The Hall–Kier alpha value is -2.34. The zero-order chi connectivity index (χ0) is 14.4. The molecule has 0 radical (unpaired) electrons. The summed E-state index contributed by atoms with van der Waals surface area (Å²) in [5.41, 5.74) is 4.35. The molecule has 0 saturated heterocycles. The van der Waals surface area contributed by atoms with Crippen LogP contribution >= 0.6 is 11.8 Å². The molecule has 0 fully saturated rings. The van der Waals surface area contributed by atoms with Crippen LogP contribution < -0.4 is 5.43 Å². The molecule has 0 aromatic heterocycles. The smallest absolute Gasteiger partial charge is 0.271 e. The molecule has 0 amide bonds. The maximum atomic E-state index is 10.6. The summed E-state index contributed by atoms with van der Waals surface area (Å²) in [7, 11) is 0. The number of nitro groups is 1. The van der Waals surface area contributed by atoms with Crippen LogP contribution in [-0.4, -0.2) is 17.4 Å². The van der Waals surface area contributed by atoms with Gasteiger partial charge in [0.05, 0.1) is 16.8 Å². The second-order valence-corrected chi connectivity index (χ2v) is 4.83. The van der Waals surface area contributed by atoms with Crippen molar-refractivity contribution >= 4 is 29.4 Å². The van der Waals surface area contributed by atoms with E-state index >= 15 is 0 Å². The normalized spacial score (nSPS) is 10.7. The fraction of sp³-hybridized carbons (Fsp3) is 0.0714. The first-order chi connectivity index (χ1) is 9.69. The lowest BCUT2D eigenvalue weighted by atomic mass is 10.2. The molecule has 0 spiro atoms. The Morgan fingerprint density at radius 3 is 2.65 bits per heavy atom. The van der Waals surface area contributed by atoms with E-state index in [-0.39, 0.29) is 5.69 Å². The van der Waals surface area contributed by atoms with Crippen LogP contribution in [0, 0.1) is 10.1 Å². The molecule has 5 nitrogen and oxygen atoms in total. The predicted molar refractivity (Wildman–Crippen MR) is 82.5 cm³/mol. The van der Waals surface area contributed by atoms with Crippen LogP contribution in [0.5, 0.6) is 0 Å². The average molecular weight is 287 g/mol. The number of hydrogen-bond donors (Lipinski definition) is 1. The second-order valence-electron chi connectivity index (χ2n) is 3.95. The van der Waals surface area contributed by atoms with Gasteiger partial charge in [-0.3, -0.25) is 15.5 Å². The molecule has 6 heteroatoms. The zero-order valence-corrected chi connectivity index (χ0v) is 11.6. The van der Waals surface area contributed by atoms with E-state index in [1.54, 1.807) is 30.1 Å². The quantitative estimate of drug-likeness (QED) is 0.393. The predicted octanol–water partition coefficient (Wildman–Crippen LogP) is 3.76. The summed E-state index contributed by atoms with van der Waals surface area (Å²) in [6.07, 6.45) is 3.69. The monoisotopic (exact) mass is 287 g/mol. The van der Waals surface area contributed by atoms with Crippen molar-refractivity contribution in [2.24, 2.45) is 5.10 Å². The molecular weight excluding hydrogens is 274 g/mol. The van der Waals surface area contributed by atoms with Crippen LogP contribution in [0.1, 0.15) is 5.56 Å². The SMILES string of the molecule is CSc1ccc(/C=N/Nc2cccc([N+](=O)[O-])c2)cc1. The van der Waals surface area contributed by atoms with Crippen LogP contribution in [0.3, 0.4) is 0 Å². The van der Waals surface area contributed by atoms with Crippen molar-refractivity contribution in [1.82, 2.24) is 0 Å². The molecule has 0 heterocycles. The first-order valence-electron chi connectivity index (χ1n) is 5.86. The number of nitrogens with zero attached hydrogens (tertiary/aromatic N) is 2. The molecule has 102 valence electrons. The molecule has 0 atom stereocenters. The largest absolute Gasteiger partial charge is 0.278 e. The average Bonchev–Trinajstić information content (AvgIpc) is 2.48. The molecule has 2 aromatic rings. The van der Waals surface area contributed by atoms with Crippen LogP contribution in [-0.2, 0) is 0 Å². The van der Waals surface area contributed by atoms with Gasteiger partial charge in [-0.2, -0.15) is 5.10 Å². The number of hydrogen-bond acceptors (Lipinski definition) is 5. The minimum Gasteiger partial charge on any atom is -0.278 e. The maximum Gasteiger partial charge on any atom is 0.271 e. The Morgan fingerprint density at radius 2 is 2.00 bits per heavy atom. The van der Waals surface area contributed by atoms with Gasteiger partial charge in [0.25, 0.3) is 5.69 Å². The lowest BCUT2D eigenvalue weighted by Gasteiger charge is -2.00. The highest BCUT2D eigenvalue weighted by molar-refractivity contribution is 7.98. The van der Waals surface area contributed by atoms with Gasteiger partial charge in [-0.15, -0.1) is 11.8 Å². The van der Waals surface area contributed by atoms with E-state index in [1.165, 1.54) is 17.0 Å². The molecule has 0 bridgehead atoms. The number of thioether (sulfide) groups is 1. The van der Waals surface area contributed by atoms with E-state index < -0.39 is 4.92 Å². The molecule has 2 aromatic carbocycles. The van der Waals surface area contributed by atoms with Crippen LogP contribution in [0.25, 0.3) is 0 Å². The van der Waals surface area contributed by atoms with E-state index in [4.69, 9.17) is 0 Å². The molecule has 2 rings (SSSR count). The second kappa shape index (κ2) is 6.72. The molecule has 0 unspecified atom stereocenters. The summed E-state index contributed by atoms with van der Waals surface area (Å²) in [6.45, 7) is 0. The summed E-state index contributed by atoms with van der Waals surface area (Å²) in [6, 6.07) is 14.2. The van der Waals surface area contributed by atoms with Crippen molar-refractivity contribution < 1.29 is 4.92 Å². The van der Waals surface area contributed by atoms with Gasteiger partial charge in [0.2, 0.25) is 0 Å². The number of nitrogens with one attached hydrogen (secondary N) is 1. The summed E-state index contributed by atoms with van der Waals surface area (Å²) in [4.78, 5) is 11.4. The van der Waals surface area contributed by atoms with Gasteiger partial charge in [0.1, 0.15) is 0 Å². The minimum atomic E-state index is -0.434. The fourth-order valence-corrected chi connectivity index (χ4v) is 1.97. The molecule has 0 aliphatic rings. The highest BCUT2D eigenvalue weighted by atomic mass is 32.2. The molecule has 0 aliphatic carbocycles. The summed E-state index contributed by atoms with van der Waals surface area (Å²) in [5, 5.41) is 14.7. The van der Waals surface area contributed by atoms with Crippen LogP contribution in [0.15, 0.2) is 58.5 Å². The number of benzene rings is 2. The van der Waals surface area contributed by atoms with Crippen LogP contribution in [0.4, 0.5) is 11.4 Å². The highest BCUT2D eigenvalue weighted by Crippen LogP contribution is 2.17. The Morgan fingerprint density at radius 1 is 1.25 bits per heavy atom. The topological polar surface area (TPSA) is 67.5 Å². The van der Waals surface area contributed by atoms with Crippen molar-refractivity contribution in [3.05, 3.63) is 64.2 Å². The molecule has 20 heavy (non-hydrogen) atoms. The highest BCUT2D eigenvalue weighted by Gasteiger charge is 2.04. The molecular formula is C14H13N3O2S. The first-order valence-corrected chi connectivity index (χ1v) is 7.09. The lowest BCUT2D eigenvalue weighted by Crippen LogP contribution is -1.93. The molecule has 0 saturated carbocycles. The van der Waals surface area contributed by atoms with Crippen molar-refractivity contribution in [3.63, 3.8) is 0 Å². The van der Waals surface area contributed by atoms with Gasteiger partial charge in [-0.05, 0) is 30.0 Å². The minimum absolute atomic E-state index is 0.0366. The maximum absolute atomic E-state index is 10.6. The number of nitro benzene ring substituents is 1. The van der Waals surface area contributed by atoms with Gasteiger partial charge in [0.15, 0.2) is 0 Å². The number of anilines is 1. The van der Waals surface area contributed by atoms with Gasteiger partial charge >= 0.3 is 0 Å². The van der Waals surface area contributed by atoms with Gasteiger partial charge in [0, 0.05) is 17.0 Å². The fourth-order valence-electron chi connectivity index (χ4n) is 1.56.